The van der Waals surface area contributed by atoms with E-state index in [2.05, 4.69) is 15.3 Å². The van der Waals surface area contributed by atoms with Gasteiger partial charge in [0.05, 0.1) is 29.8 Å². The van der Waals surface area contributed by atoms with Gasteiger partial charge in [0.15, 0.2) is 10.9 Å². The van der Waals surface area contributed by atoms with Crippen molar-refractivity contribution in [2.45, 2.75) is 32.0 Å². The van der Waals surface area contributed by atoms with Crippen LogP contribution in [0.2, 0.25) is 0 Å². The van der Waals surface area contributed by atoms with E-state index in [4.69, 9.17) is 4.74 Å². The van der Waals surface area contributed by atoms with E-state index in [0.717, 1.165) is 23.0 Å². The number of aromatic amines is 1. The van der Waals surface area contributed by atoms with Gasteiger partial charge in [0.2, 0.25) is 0 Å². The Kier molecular flexibility index (Phi) is 7.67. The van der Waals surface area contributed by atoms with Crippen LogP contribution in [0.3, 0.4) is 0 Å². The minimum atomic E-state index is -0.231. The third-order valence-electron chi connectivity index (χ3n) is 5.74. The molecule has 0 bridgehead atoms. The molecule has 0 saturated carbocycles. The first-order valence-electron chi connectivity index (χ1n) is 11.5. The largest absolute Gasteiger partial charge is 0.383 e. The number of para-hydroxylation sites is 1. The molecule has 0 radical (unpaired) electrons. The van der Waals surface area contributed by atoms with Crippen LogP contribution < -0.4 is 10.9 Å². The Balaban J connectivity index is 1.68. The van der Waals surface area contributed by atoms with Crippen LogP contribution in [0, 0.1) is 6.92 Å². The fourth-order valence-electron chi connectivity index (χ4n) is 4.01. The van der Waals surface area contributed by atoms with Gasteiger partial charge in [-0.1, -0.05) is 36.9 Å². The fraction of sp³-hybridized carbons (Fsp3) is 0.308. The summed E-state index contributed by atoms with van der Waals surface area (Å²) in [5.74, 6) is -0.145. The number of benzene rings is 2. The number of hydrogen-bond donors (Lipinski definition) is 2. The summed E-state index contributed by atoms with van der Waals surface area (Å²) in [6.07, 6.45) is 0.826. The number of ketones is 1. The fourth-order valence-corrected chi connectivity index (χ4v) is 4.91. The maximum atomic E-state index is 13.3. The van der Waals surface area contributed by atoms with Gasteiger partial charge in [-0.3, -0.25) is 19.0 Å². The molecule has 0 fully saturated rings. The van der Waals surface area contributed by atoms with Crippen LogP contribution in [0.1, 0.15) is 39.8 Å². The van der Waals surface area contributed by atoms with Crippen molar-refractivity contribution < 1.29 is 14.3 Å². The number of amides is 1. The van der Waals surface area contributed by atoms with Crippen molar-refractivity contribution in [3.63, 3.8) is 0 Å². The summed E-state index contributed by atoms with van der Waals surface area (Å²) in [6.45, 7) is 5.06. The molecule has 1 amide bonds. The molecule has 0 aliphatic heterocycles. The summed E-state index contributed by atoms with van der Waals surface area (Å²) in [5, 5.41) is 4.54. The molecule has 35 heavy (non-hydrogen) atoms. The summed E-state index contributed by atoms with van der Waals surface area (Å²) < 4.78 is 6.71. The second-order valence-electron chi connectivity index (χ2n) is 8.21. The predicted octanol–water partition coefficient (Wildman–Crippen LogP) is 3.95. The number of carbonyl (C=O) groups excluding carboxylic acids is 2. The van der Waals surface area contributed by atoms with E-state index in [9.17, 15) is 14.4 Å². The number of ether oxygens (including phenoxy) is 1. The Morgan fingerprint density at radius 3 is 2.74 bits per heavy atom. The number of rotatable bonds is 10. The summed E-state index contributed by atoms with van der Waals surface area (Å²) in [6, 6.07) is 12.6. The first-order valence-corrected chi connectivity index (χ1v) is 12.5. The molecule has 0 saturated heterocycles. The number of hydrogen-bond acceptors (Lipinski definition) is 6. The highest BCUT2D eigenvalue weighted by molar-refractivity contribution is 7.99. The highest BCUT2D eigenvalue weighted by Crippen LogP contribution is 2.26. The summed E-state index contributed by atoms with van der Waals surface area (Å²) in [7, 11) is 1.57. The summed E-state index contributed by atoms with van der Waals surface area (Å²) >= 11 is 1.21. The van der Waals surface area contributed by atoms with Crippen LogP contribution in [-0.2, 0) is 11.3 Å². The van der Waals surface area contributed by atoms with Crippen molar-refractivity contribution in [1.82, 2.24) is 19.9 Å². The standard InChI is InChI=1S/C26H28N4O4S/c1-4-11-27-24(32)17-9-10-19-21(14-17)29-26(30(25(19)33)12-13-34-3)35-15-22(31)23-16(2)28-20-8-6-5-7-18(20)23/h5-10,14,28H,4,11-13,15H2,1-3H3,(H,27,32). The number of fused-ring (bicyclic) bond motifs is 2. The summed E-state index contributed by atoms with van der Waals surface area (Å²) in [5.41, 5.74) is 3.00. The maximum Gasteiger partial charge on any atom is 0.262 e. The molecular weight excluding hydrogens is 464 g/mol. The molecule has 0 unspecified atom stereocenters. The number of carbonyl (C=O) groups is 2. The van der Waals surface area contributed by atoms with E-state index in [1.807, 2.05) is 38.1 Å². The van der Waals surface area contributed by atoms with Gasteiger partial charge in [-0.25, -0.2) is 4.98 Å². The highest BCUT2D eigenvalue weighted by Gasteiger charge is 2.19. The second kappa shape index (κ2) is 10.9. The third-order valence-corrected chi connectivity index (χ3v) is 6.72. The predicted molar refractivity (Wildman–Crippen MR) is 139 cm³/mol. The molecule has 0 atom stereocenters. The highest BCUT2D eigenvalue weighted by atomic mass is 32.2. The minimum absolute atomic E-state index is 0.0507. The van der Waals surface area contributed by atoms with Crippen LogP contribution in [-0.4, -0.2) is 52.2 Å². The first kappa shape index (κ1) is 24.7. The zero-order valence-corrected chi connectivity index (χ0v) is 20.8. The van der Waals surface area contributed by atoms with Gasteiger partial charge < -0.3 is 15.0 Å². The lowest BCUT2D eigenvalue weighted by Crippen LogP contribution is -2.26. The van der Waals surface area contributed by atoms with E-state index >= 15 is 0 Å². The lowest BCUT2D eigenvalue weighted by Gasteiger charge is -2.13. The average Bonchev–Trinajstić information content (AvgIpc) is 3.20. The zero-order chi connectivity index (χ0) is 24.9. The summed E-state index contributed by atoms with van der Waals surface area (Å²) in [4.78, 5) is 46.8. The van der Waals surface area contributed by atoms with E-state index in [1.165, 1.54) is 16.3 Å². The van der Waals surface area contributed by atoms with E-state index < -0.39 is 0 Å². The number of methoxy groups -OCH3 is 1. The number of thioether (sulfide) groups is 1. The number of nitrogens with one attached hydrogen (secondary N) is 2. The smallest absolute Gasteiger partial charge is 0.262 e. The van der Waals surface area contributed by atoms with Crippen LogP contribution in [0.25, 0.3) is 21.8 Å². The zero-order valence-electron chi connectivity index (χ0n) is 20.0. The van der Waals surface area contributed by atoms with E-state index in [0.29, 0.717) is 46.9 Å². The Bertz CT molecular complexity index is 1460. The SMILES string of the molecule is CCCNC(=O)c1ccc2c(=O)n(CCOC)c(SCC(=O)c3c(C)[nH]c4ccccc34)nc2c1. The molecule has 2 N–H and O–H groups in total. The van der Waals surface area contributed by atoms with Crippen LogP contribution in [0.5, 0.6) is 0 Å². The molecule has 2 heterocycles. The Morgan fingerprint density at radius 1 is 1.17 bits per heavy atom. The van der Waals surface area contributed by atoms with Gasteiger partial charge >= 0.3 is 0 Å². The molecule has 4 aromatic rings. The van der Waals surface area contributed by atoms with Crippen molar-refractivity contribution in [3.05, 3.63) is 69.6 Å². The van der Waals surface area contributed by atoms with Crippen molar-refractivity contribution >= 4 is 45.3 Å². The van der Waals surface area contributed by atoms with Crippen molar-refractivity contribution in [2.75, 3.05) is 26.0 Å². The number of Topliss-reactive ketones (excluding diaryl/α,β-unsaturated/α-hetero) is 1. The minimum Gasteiger partial charge on any atom is -0.383 e. The van der Waals surface area contributed by atoms with Gasteiger partial charge in [-0.15, -0.1) is 0 Å². The quantitative estimate of drug-likeness (QED) is 0.197. The van der Waals surface area contributed by atoms with Crippen LogP contribution in [0.4, 0.5) is 0 Å². The molecule has 4 rings (SSSR count). The number of H-pyrrole nitrogens is 1. The Labute approximate surface area is 207 Å². The second-order valence-corrected chi connectivity index (χ2v) is 9.16. The average molecular weight is 493 g/mol. The van der Waals surface area contributed by atoms with E-state index in [1.54, 1.807) is 25.3 Å². The van der Waals surface area contributed by atoms with Crippen LogP contribution >= 0.6 is 11.8 Å². The molecule has 8 nitrogen and oxygen atoms in total. The number of aryl methyl sites for hydroxylation is 1. The van der Waals surface area contributed by atoms with Crippen molar-refractivity contribution in [1.29, 1.82) is 0 Å². The van der Waals surface area contributed by atoms with Gasteiger partial charge in [0.1, 0.15) is 0 Å². The van der Waals surface area contributed by atoms with Crippen molar-refractivity contribution in [3.8, 4) is 0 Å². The molecule has 0 aliphatic carbocycles. The normalized spacial score (nSPS) is 11.3. The molecule has 182 valence electrons. The Hall–Kier alpha value is -3.43. The van der Waals surface area contributed by atoms with Crippen LogP contribution in [0.15, 0.2) is 52.4 Å². The van der Waals surface area contributed by atoms with Crippen molar-refractivity contribution in [2.24, 2.45) is 0 Å². The number of nitrogens with zero attached hydrogens (tertiary/aromatic N) is 2. The molecular formula is C26H28N4O4S. The van der Waals surface area contributed by atoms with Gasteiger partial charge in [0, 0.05) is 41.4 Å². The third kappa shape index (κ3) is 5.16. The van der Waals surface area contributed by atoms with E-state index in [-0.39, 0.29) is 23.0 Å². The van der Waals surface area contributed by atoms with Gasteiger partial charge in [-0.05, 0) is 37.6 Å². The molecule has 2 aromatic carbocycles. The van der Waals surface area contributed by atoms with Gasteiger partial charge in [-0.2, -0.15) is 0 Å². The molecule has 9 heteroatoms. The Morgan fingerprint density at radius 2 is 1.97 bits per heavy atom. The maximum absolute atomic E-state index is 13.3. The number of aromatic nitrogens is 3. The topological polar surface area (TPSA) is 106 Å². The monoisotopic (exact) mass is 492 g/mol. The lowest BCUT2D eigenvalue weighted by molar-refractivity contribution is 0.0952. The molecule has 0 aliphatic rings. The lowest BCUT2D eigenvalue weighted by atomic mass is 10.1. The van der Waals surface area contributed by atoms with Gasteiger partial charge in [0.25, 0.3) is 11.5 Å². The molecule has 0 spiro atoms. The first-order chi connectivity index (χ1) is 16.9. The molecule has 2 aromatic heterocycles.